The van der Waals surface area contributed by atoms with Crippen LogP contribution in [0.3, 0.4) is 0 Å². The predicted octanol–water partition coefficient (Wildman–Crippen LogP) is 7.58. The molecule has 30 heavy (non-hydrogen) atoms. The molecule has 0 aliphatic rings. The third-order valence-corrected chi connectivity index (χ3v) is 6.77. The van der Waals surface area contributed by atoms with Crippen LogP contribution in [0.25, 0.3) is 0 Å². The van der Waals surface area contributed by atoms with Crippen LogP contribution in [0.2, 0.25) is 0 Å². The first-order valence-electron chi connectivity index (χ1n) is 12.7. The van der Waals surface area contributed by atoms with Gasteiger partial charge in [-0.1, -0.05) is 71.1 Å². The Balaban J connectivity index is 0. The fraction of sp³-hybridized carbons (Fsp3) is 1.00. The Morgan fingerprint density at radius 1 is 0.567 bits per heavy atom. The zero-order valence-corrected chi connectivity index (χ0v) is 21.7. The van der Waals surface area contributed by atoms with Crippen molar-refractivity contribution < 1.29 is 21.8 Å². The van der Waals surface area contributed by atoms with E-state index in [1.165, 1.54) is 108 Å². The Bertz CT molecular complexity index is 398. The molecule has 6 heteroatoms. The molecule has 184 valence electrons. The monoisotopic (exact) mass is 454 g/mol. The van der Waals surface area contributed by atoms with Gasteiger partial charge in [-0.05, 0) is 62.3 Å². The minimum atomic E-state index is -3.85. The minimum absolute atomic E-state index is 0.236. The molecule has 0 aromatic carbocycles. The normalized spacial score (nSPS) is 11.9. The second-order valence-electron chi connectivity index (χ2n) is 8.74. The maximum atomic E-state index is 11.0. The second kappa shape index (κ2) is 22.0. The highest BCUT2D eigenvalue weighted by Crippen LogP contribution is 2.18. The molecule has 0 bridgehead atoms. The zero-order valence-electron chi connectivity index (χ0n) is 20.9. The quantitative estimate of drug-likeness (QED) is 0.141. The summed E-state index contributed by atoms with van der Waals surface area (Å²) in [5.41, 5.74) is 0. The molecular formula is C24H53FNO3S+. The topological polar surface area (TPSA) is 43.4 Å². The molecule has 0 rings (SSSR count). The lowest BCUT2D eigenvalue weighted by atomic mass is 10.1. The Labute approximate surface area is 188 Å². The van der Waals surface area contributed by atoms with Crippen molar-refractivity contribution in [2.75, 3.05) is 31.9 Å². The van der Waals surface area contributed by atoms with E-state index in [1.807, 2.05) is 6.92 Å². The van der Waals surface area contributed by atoms with Crippen molar-refractivity contribution in [2.45, 2.75) is 125 Å². The smallest absolute Gasteiger partial charge is 0.297 e. The summed E-state index contributed by atoms with van der Waals surface area (Å²) in [5, 5.41) is 0. The van der Waals surface area contributed by atoms with Gasteiger partial charge >= 0.3 is 0 Å². The van der Waals surface area contributed by atoms with Crippen molar-refractivity contribution in [3.63, 3.8) is 0 Å². The maximum absolute atomic E-state index is 11.0. The summed E-state index contributed by atoms with van der Waals surface area (Å²) in [4.78, 5) is 0. The number of hydrogen-bond acceptors (Lipinski definition) is 3. The molecule has 0 aliphatic carbocycles. The zero-order chi connectivity index (χ0) is 23.1. The lowest BCUT2D eigenvalue weighted by Gasteiger charge is -2.39. The average Bonchev–Trinajstić information content (AvgIpc) is 2.73. The van der Waals surface area contributed by atoms with E-state index in [2.05, 4.69) is 32.1 Å². The summed E-state index contributed by atoms with van der Waals surface area (Å²) in [5.74, 6) is -0.236. The lowest BCUT2D eigenvalue weighted by molar-refractivity contribution is -0.929. The molecule has 0 radical (unpaired) electrons. The first-order chi connectivity index (χ1) is 14.4. The van der Waals surface area contributed by atoms with E-state index in [-0.39, 0.29) is 5.75 Å². The Hall–Kier alpha value is -0.200. The fourth-order valence-corrected chi connectivity index (χ4v) is 4.52. The van der Waals surface area contributed by atoms with Gasteiger partial charge in [0.1, 0.15) is 0 Å². The minimum Gasteiger partial charge on any atom is -0.324 e. The molecule has 0 aromatic rings. The van der Waals surface area contributed by atoms with Crippen LogP contribution < -0.4 is 0 Å². The molecule has 0 aliphatic heterocycles. The maximum Gasteiger partial charge on any atom is 0.297 e. The van der Waals surface area contributed by atoms with Gasteiger partial charge in [-0.3, -0.25) is 0 Å². The van der Waals surface area contributed by atoms with Gasteiger partial charge in [0.05, 0.1) is 31.9 Å². The molecule has 0 amide bonds. The van der Waals surface area contributed by atoms with Crippen LogP contribution in [0, 0.1) is 0 Å². The van der Waals surface area contributed by atoms with Gasteiger partial charge in [0.25, 0.3) is 10.1 Å². The van der Waals surface area contributed by atoms with Crippen LogP contribution in [-0.2, 0) is 14.5 Å². The molecule has 0 heterocycles. The van der Waals surface area contributed by atoms with Crippen molar-refractivity contribution in [1.29, 1.82) is 0 Å². The van der Waals surface area contributed by atoms with Crippen molar-refractivity contribution in [3.8, 4) is 0 Å². The molecule has 0 saturated heterocycles. The third kappa shape index (κ3) is 19.7. The Kier molecular flexibility index (Phi) is 23.5. The van der Waals surface area contributed by atoms with Crippen LogP contribution in [0.4, 0.5) is 4.53 Å². The van der Waals surface area contributed by atoms with E-state index in [4.69, 9.17) is 0 Å². The van der Waals surface area contributed by atoms with E-state index >= 15 is 0 Å². The van der Waals surface area contributed by atoms with Gasteiger partial charge in [-0.25, -0.2) is 0 Å². The Morgan fingerprint density at radius 2 is 0.867 bits per heavy atom. The number of hydrogen-bond donors (Lipinski definition) is 0. The molecule has 4 nitrogen and oxygen atoms in total. The molecule has 0 fully saturated rings. The second-order valence-corrected chi connectivity index (χ2v) is 10.4. The summed E-state index contributed by atoms with van der Waals surface area (Å²) in [6.45, 7) is 16.9. The predicted molar refractivity (Wildman–Crippen MR) is 129 cm³/mol. The first-order valence-corrected chi connectivity index (χ1v) is 14.3. The highest BCUT2D eigenvalue weighted by Gasteiger charge is 2.25. The summed E-state index contributed by atoms with van der Waals surface area (Å²) < 4.78 is 35.5. The van der Waals surface area contributed by atoms with E-state index in [0.717, 1.165) is 0 Å². The number of unbranched alkanes of at least 4 members (excludes halogenated alkanes) is 9. The van der Waals surface area contributed by atoms with Crippen LogP contribution in [0.5, 0.6) is 0 Å². The van der Waals surface area contributed by atoms with Crippen LogP contribution in [0.15, 0.2) is 0 Å². The molecule has 0 saturated carbocycles. The van der Waals surface area contributed by atoms with Gasteiger partial charge in [-0.2, -0.15) is 8.42 Å². The SMILES string of the molecule is CCCCC[N+](CCCCC)(CCCCC)CCCCC.CCCCS(=O)(=O)OF. The van der Waals surface area contributed by atoms with Crippen molar-refractivity contribution in [2.24, 2.45) is 0 Å². The Morgan fingerprint density at radius 3 is 1.10 bits per heavy atom. The summed E-state index contributed by atoms with van der Waals surface area (Å²) in [6, 6.07) is 0. The number of rotatable bonds is 20. The lowest BCUT2D eigenvalue weighted by Crippen LogP contribution is -2.50. The van der Waals surface area contributed by atoms with E-state index in [1.54, 1.807) is 0 Å². The van der Waals surface area contributed by atoms with Gasteiger partial charge in [0, 0.05) is 0 Å². The third-order valence-electron chi connectivity index (χ3n) is 5.79. The van der Waals surface area contributed by atoms with E-state index in [0.29, 0.717) is 12.8 Å². The fourth-order valence-electron chi connectivity index (χ4n) is 3.81. The standard InChI is InChI=1S/C20H44N.C4H9FO3S/c1-5-9-13-17-21(18-14-10-6-2,19-15-11-7-3)20-16-12-8-4;1-2-3-4-9(6,7)8-5/h5-20H2,1-4H3;2-4H2,1H3/q+1;. The van der Waals surface area contributed by atoms with Gasteiger partial charge in [-0.15, -0.1) is 0 Å². The summed E-state index contributed by atoms with van der Waals surface area (Å²) >= 11 is 0. The molecular weight excluding hydrogens is 401 g/mol. The summed E-state index contributed by atoms with van der Waals surface area (Å²) in [7, 11) is -3.85. The van der Waals surface area contributed by atoms with Crippen molar-refractivity contribution in [3.05, 3.63) is 0 Å². The number of nitrogens with zero attached hydrogens (tertiary/aromatic N) is 1. The highest BCUT2D eigenvalue weighted by atomic mass is 32.2. The first kappa shape index (κ1) is 32.0. The molecule has 0 N–H and O–H groups in total. The van der Waals surface area contributed by atoms with Crippen LogP contribution >= 0.6 is 0 Å². The summed E-state index contributed by atoms with van der Waals surface area (Å²) in [6.07, 6.45) is 18.1. The largest absolute Gasteiger partial charge is 0.324 e. The molecule has 0 spiro atoms. The molecule has 0 unspecified atom stereocenters. The van der Waals surface area contributed by atoms with E-state index < -0.39 is 10.1 Å². The van der Waals surface area contributed by atoms with Gasteiger partial charge < -0.3 is 4.48 Å². The van der Waals surface area contributed by atoms with Crippen molar-refractivity contribution in [1.82, 2.24) is 0 Å². The number of halogens is 1. The van der Waals surface area contributed by atoms with Gasteiger partial charge in [0.15, 0.2) is 0 Å². The average molecular weight is 455 g/mol. The molecule has 0 aromatic heterocycles. The highest BCUT2D eigenvalue weighted by molar-refractivity contribution is 7.86. The van der Waals surface area contributed by atoms with E-state index in [9.17, 15) is 12.9 Å². The van der Waals surface area contributed by atoms with Crippen LogP contribution in [0.1, 0.15) is 125 Å². The number of quaternary nitrogens is 1. The van der Waals surface area contributed by atoms with Crippen LogP contribution in [-0.4, -0.2) is 44.8 Å². The van der Waals surface area contributed by atoms with Crippen molar-refractivity contribution >= 4 is 10.1 Å². The molecule has 0 atom stereocenters. The van der Waals surface area contributed by atoms with Gasteiger partial charge in [0.2, 0.25) is 0 Å².